The normalized spacial score (nSPS) is 13.2. The van der Waals surface area contributed by atoms with Crippen molar-refractivity contribution in [2.75, 3.05) is 11.9 Å². The van der Waals surface area contributed by atoms with Crippen molar-refractivity contribution < 1.29 is 13.5 Å². The van der Waals surface area contributed by atoms with E-state index < -0.39 is 19.7 Å². The van der Waals surface area contributed by atoms with E-state index in [1.807, 2.05) is 0 Å². The Kier molecular flexibility index (Phi) is 6.15. The summed E-state index contributed by atoms with van der Waals surface area (Å²) in [7, 11) is -1.23. The summed E-state index contributed by atoms with van der Waals surface area (Å²) in [6.45, 7) is 9.50. The van der Waals surface area contributed by atoms with Gasteiger partial charge in [-0.1, -0.05) is 37.3 Å². The highest BCUT2D eigenvalue weighted by Crippen LogP contribution is 2.41. The lowest BCUT2D eigenvalue weighted by Crippen LogP contribution is -2.22. The number of nitrogens with zero attached hydrogens (tertiary/aromatic N) is 4. The van der Waals surface area contributed by atoms with E-state index in [9.17, 15) is 8.78 Å². The van der Waals surface area contributed by atoms with Crippen LogP contribution in [0.3, 0.4) is 0 Å². The summed E-state index contributed by atoms with van der Waals surface area (Å²) in [5.74, 6) is -1.40. The van der Waals surface area contributed by atoms with E-state index in [4.69, 9.17) is 16.3 Å². The van der Waals surface area contributed by atoms with Crippen molar-refractivity contribution in [1.82, 2.24) is 14.8 Å². The Morgan fingerprint density at radius 1 is 1.19 bits per heavy atom. The lowest BCUT2D eigenvalue weighted by Gasteiger charge is -2.16. The van der Waals surface area contributed by atoms with Crippen molar-refractivity contribution in [3.8, 4) is 11.3 Å². The van der Waals surface area contributed by atoms with Crippen LogP contribution in [-0.2, 0) is 11.5 Å². The first kappa shape index (κ1) is 22.6. The number of ether oxygens (including phenoxy) is 1. The van der Waals surface area contributed by atoms with E-state index in [1.54, 1.807) is 17.7 Å². The maximum absolute atomic E-state index is 14.6. The molecule has 0 unspecified atom stereocenters. The largest absolute Gasteiger partial charge is 0.360 e. The SMILES string of the molecule is Cc1nn(COCC[Si](C)(C)C)c2c1N=C(c1c(F)cccc1F)Nc1cnc(Cl)cc1-2. The summed E-state index contributed by atoms with van der Waals surface area (Å²) in [4.78, 5) is 8.71. The van der Waals surface area contributed by atoms with Crippen LogP contribution in [0.4, 0.5) is 20.2 Å². The molecule has 0 fully saturated rings. The van der Waals surface area contributed by atoms with E-state index in [1.165, 1.54) is 24.4 Å². The van der Waals surface area contributed by atoms with Gasteiger partial charge in [-0.15, -0.1) is 0 Å². The van der Waals surface area contributed by atoms with Crippen LogP contribution < -0.4 is 5.32 Å². The van der Waals surface area contributed by atoms with Gasteiger partial charge in [-0.3, -0.25) is 0 Å². The number of pyridine rings is 1. The van der Waals surface area contributed by atoms with Gasteiger partial charge in [0.2, 0.25) is 0 Å². The van der Waals surface area contributed by atoms with E-state index in [2.05, 4.69) is 40.0 Å². The molecule has 2 aromatic heterocycles. The number of amidine groups is 1. The molecule has 4 rings (SSSR count). The van der Waals surface area contributed by atoms with Gasteiger partial charge in [0, 0.05) is 20.2 Å². The smallest absolute Gasteiger partial charge is 0.144 e. The number of aliphatic imine (C=N–C) groups is 1. The summed E-state index contributed by atoms with van der Waals surface area (Å²) < 4.78 is 36.7. The number of anilines is 1. The molecule has 0 radical (unpaired) electrons. The van der Waals surface area contributed by atoms with E-state index in [0.717, 1.165) is 6.04 Å². The third kappa shape index (κ3) is 4.60. The summed E-state index contributed by atoms with van der Waals surface area (Å²) in [5, 5.41) is 7.90. The molecule has 3 aromatic rings. The number of halogens is 3. The third-order valence-electron chi connectivity index (χ3n) is 5.11. The second-order valence-corrected chi connectivity index (χ2v) is 14.9. The molecule has 1 aliphatic heterocycles. The van der Waals surface area contributed by atoms with Crippen LogP contribution in [0.25, 0.3) is 11.3 Å². The quantitative estimate of drug-likeness (QED) is 0.270. The molecule has 0 amide bonds. The van der Waals surface area contributed by atoms with Crippen LogP contribution in [0.5, 0.6) is 0 Å². The average molecular weight is 476 g/mol. The number of rotatable bonds is 6. The topological polar surface area (TPSA) is 64.3 Å². The molecule has 0 aliphatic carbocycles. The second-order valence-electron chi connectivity index (χ2n) is 8.86. The number of fused-ring (bicyclic) bond motifs is 3. The maximum atomic E-state index is 14.6. The minimum atomic E-state index is -1.23. The Hall–Kier alpha value is -2.62. The number of hydrogen-bond donors (Lipinski definition) is 1. The molecule has 0 bridgehead atoms. The molecule has 0 atom stereocenters. The fourth-order valence-electron chi connectivity index (χ4n) is 3.43. The summed E-state index contributed by atoms with van der Waals surface area (Å²) in [6, 6.07) is 6.40. The first-order valence-electron chi connectivity index (χ1n) is 10.3. The van der Waals surface area contributed by atoms with E-state index >= 15 is 0 Å². The van der Waals surface area contributed by atoms with Gasteiger partial charge in [0.1, 0.15) is 35.0 Å². The van der Waals surface area contributed by atoms with Crippen LogP contribution >= 0.6 is 11.6 Å². The highest BCUT2D eigenvalue weighted by Gasteiger charge is 2.27. The Balaban J connectivity index is 1.81. The van der Waals surface area contributed by atoms with Crippen LogP contribution in [0.15, 0.2) is 35.5 Å². The standard InChI is InChI=1S/C22H24ClF2N5OSi/c1-13-20-21(30(29-13)12-31-8-9-32(2,3)4)14-10-18(23)26-11-17(14)27-22(28-20)19-15(24)6-5-7-16(19)25/h5-7,10-11H,8-9,12H2,1-4H3,(H,27,28). The van der Waals surface area contributed by atoms with Gasteiger partial charge in [0.15, 0.2) is 0 Å². The molecular formula is C22H24ClF2N5OSi. The molecule has 1 aliphatic rings. The molecule has 0 saturated carbocycles. The van der Waals surface area contributed by atoms with Gasteiger partial charge in [-0.25, -0.2) is 23.4 Å². The average Bonchev–Trinajstić information content (AvgIpc) is 2.90. The number of nitrogens with one attached hydrogen (secondary N) is 1. The van der Waals surface area contributed by atoms with Crippen molar-refractivity contribution in [3.63, 3.8) is 0 Å². The predicted octanol–water partition coefficient (Wildman–Crippen LogP) is 6.00. The first-order chi connectivity index (χ1) is 15.1. The van der Waals surface area contributed by atoms with Gasteiger partial charge < -0.3 is 10.1 Å². The van der Waals surface area contributed by atoms with Crippen molar-refractivity contribution in [2.45, 2.75) is 39.3 Å². The Morgan fingerprint density at radius 2 is 1.91 bits per heavy atom. The van der Waals surface area contributed by atoms with Crippen LogP contribution in [-0.4, -0.2) is 35.3 Å². The molecule has 0 saturated heterocycles. The molecular weight excluding hydrogens is 452 g/mol. The summed E-state index contributed by atoms with van der Waals surface area (Å²) in [5.41, 5.74) is 2.67. The highest BCUT2D eigenvalue weighted by molar-refractivity contribution is 6.76. The molecule has 3 heterocycles. The molecule has 6 nitrogen and oxygen atoms in total. The Labute approximate surface area is 191 Å². The van der Waals surface area contributed by atoms with Gasteiger partial charge in [0.25, 0.3) is 0 Å². The molecule has 32 heavy (non-hydrogen) atoms. The minimum Gasteiger partial charge on any atom is -0.360 e. The Morgan fingerprint density at radius 3 is 2.59 bits per heavy atom. The van der Waals surface area contributed by atoms with E-state index in [-0.39, 0.29) is 23.3 Å². The fourth-order valence-corrected chi connectivity index (χ4v) is 4.35. The number of aromatic nitrogens is 3. The zero-order valence-corrected chi connectivity index (χ0v) is 20.1. The van der Waals surface area contributed by atoms with Crippen LogP contribution in [0.2, 0.25) is 30.8 Å². The first-order valence-corrected chi connectivity index (χ1v) is 14.3. The second kappa shape index (κ2) is 8.72. The van der Waals surface area contributed by atoms with E-state index in [0.29, 0.717) is 34.9 Å². The third-order valence-corrected chi connectivity index (χ3v) is 7.02. The van der Waals surface area contributed by atoms with Gasteiger partial charge in [-0.2, -0.15) is 5.10 Å². The van der Waals surface area contributed by atoms with Crippen LogP contribution in [0.1, 0.15) is 11.3 Å². The summed E-state index contributed by atoms with van der Waals surface area (Å²) in [6.07, 6.45) is 1.51. The monoisotopic (exact) mass is 475 g/mol. The zero-order valence-electron chi connectivity index (χ0n) is 18.3. The molecule has 0 spiro atoms. The zero-order chi connectivity index (χ0) is 23.0. The van der Waals surface area contributed by atoms with Gasteiger partial charge >= 0.3 is 0 Å². The van der Waals surface area contributed by atoms with Gasteiger partial charge in [-0.05, 0) is 31.2 Å². The van der Waals surface area contributed by atoms with Crippen LogP contribution in [0, 0.1) is 18.6 Å². The molecule has 168 valence electrons. The van der Waals surface area contributed by atoms with Crippen molar-refractivity contribution in [2.24, 2.45) is 4.99 Å². The summed E-state index contributed by atoms with van der Waals surface area (Å²) >= 11 is 6.18. The number of aryl methyl sites for hydroxylation is 1. The molecule has 1 aromatic carbocycles. The number of hydrogen-bond acceptors (Lipinski definition) is 5. The van der Waals surface area contributed by atoms with Crippen molar-refractivity contribution >= 4 is 36.9 Å². The maximum Gasteiger partial charge on any atom is 0.144 e. The van der Waals surface area contributed by atoms with Gasteiger partial charge in [0.05, 0.1) is 28.8 Å². The molecule has 10 heteroatoms. The van der Waals surface area contributed by atoms with Crippen molar-refractivity contribution in [3.05, 3.63) is 58.5 Å². The lowest BCUT2D eigenvalue weighted by atomic mass is 10.1. The fraction of sp³-hybridized carbons (Fsp3) is 0.318. The van der Waals surface area contributed by atoms with Crippen molar-refractivity contribution in [1.29, 1.82) is 0 Å². The number of benzene rings is 1. The highest BCUT2D eigenvalue weighted by atomic mass is 35.5. The molecule has 1 N–H and O–H groups in total. The Bertz CT molecular complexity index is 1190. The lowest BCUT2D eigenvalue weighted by molar-refractivity contribution is 0.0796. The minimum absolute atomic E-state index is 0.0343. The predicted molar refractivity (Wildman–Crippen MR) is 125 cm³/mol.